The summed E-state index contributed by atoms with van der Waals surface area (Å²) in [7, 11) is 0. The number of rotatable bonds is 5. The van der Waals surface area contributed by atoms with E-state index in [0.29, 0.717) is 6.04 Å². The summed E-state index contributed by atoms with van der Waals surface area (Å²) in [6, 6.07) is 4.72. The second-order valence-electron chi connectivity index (χ2n) is 3.31. The monoisotopic (exact) mass is 229 g/mol. The Labute approximate surface area is 94.8 Å². The fourth-order valence-electron chi connectivity index (χ4n) is 1.26. The van der Waals surface area contributed by atoms with Gasteiger partial charge in [-0.3, -0.25) is 0 Å². The van der Waals surface area contributed by atoms with Gasteiger partial charge in [0.25, 0.3) is 0 Å². The van der Waals surface area contributed by atoms with Gasteiger partial charge in [-0.05, 0) is 30.4 Å². The van der Waals surface area contributed by atoms with Gasteiger partial charge in [0.15, 0.2) is 0 Å². The van der Waals surface area contributed by atoms with Gasteiger partial charge in [0.05, 0.1) is 0 Å². The number of thiophene rings is 1. The Bertz CT molecular complexity index is 279. The summed E-state index contributed by atoms with van der Waals surface area (Å²) >= 11 is 7.40. The van der Waals surface area contributed by atoms with Crippen LogP contribution in [-0.2, 0) is 0 Å². The minimum absolute atomic E-state index is 0.460. The Morgan fingerprint density at radius 1 is 1.71 bits per heavy atom. The molecule has 1 rings (SSSR count). The van der Waals surface area contributed by atoms with Gasteiger partial charge in [0.1, 0.15) is 0 Å². The quantitative estimate of drug-likeness (QED) is 0.807. The highest BCUT2D eigenvalue weighted by Gasteiger charge is 2.08. The molecule has 0 saturated heterocycles. The van der Waals surface area contributed by atoms with Crippen molar-refractivity contribution < 1.29 is 0 Å². The van der Waals surface area contributed by atoms with Crippen LogP contribution < -0.4 is 5.32 Å². The highest BCUT2D eigenvalue weighted by Crippen LogP contribution is 2.21. The summed E-state index contributed by atoms with van der Waals surface area (Å²) < 4.78 is 0. The first kappa shape index (κ1) is 11.8. The number of nitrogens with one attached hydrogen (secondary N) is 1. The van der Waals surface area contributed by atoms with Crippen LogP contribution in [0.3, 0.4) is 0 Å². The van der Waals surface area contributed by atoms with E-state index in [1.165, 1.54) is 10.5 Å². The normalized spacial score (nSPS) is 14.4. The minimum atomic E-state index is 0.460. The topological polar surface area (TPSA) is 12.0 Å². The van der Waals surface area contributed by atoms with Crippen LogP contribution in [-0.4, -0.2) is 6.54 Å². The zero-order chi connectivity index (χ0) is 10.4. The maximum absolute atomic E-state index is 5.60. The first-order valence-electron chi connectivity index (χ1n) is 4.80. The van der Waals surface area contributed by atoms with Crippen LogP contribution in [0.5, 0.6) is 0 Å². The fourth-order valence-corrected chi connectivity index (χ4v) is 2.22. The van der Waals surface area contributed by atoms with E-state index in [1.54, 1.807) is 16.9 Å². The van der Waals surface area contributed by atoms with Gasteiger partial charge in [-0.15, -0.1) is 11.3 Å². The van der Waals surface area contributed by atoms with Crippen LogP contribution in [0.1, 0.15) is 31.2 Å². The lowest BCUT2D eigenvalue weighted by molar-refractivity contribution is 0.553. The van der Waals surface area contributed by atoms with Crippen LogP contribution in [0, 0.1) is 0 Å². The number of hydrogen-bond acceptors (Lipinski definition) is 2. The average Bonchev–Trinajstić information content (AvgIpc) is 2.72. The third-order valence-corrected chi connectivity index (χ3v) is 3.47. The molecule has 0 amide bonds. The van der Waals surface area contributed by atoms with Gasteiger partial charge >= 0.3 is 0 Å². The highest BCUT2D eigenvalue weighted by atomic mass is 35.5. The zero-order valence-corrected chi connectivity index (χ0v) is 10.2. The SMILES string of the molecule is CCC(NC/C(C)=C/Cl)c1cccs1. The van der Waals surface area contributed by atoms with Crippen molar-refractivity contribution in [3.8, 4) is 0 Å². The maximum atomic E-state index is 5.60. The van der Waals surface area contributed by atoms with E-state index in [9.17, 15) is 0 Å². The van der Waals surface area contributed by atoms with Gasteiger partial charge in [-0.2, -0.15) is 0 Å². The second kappa shape index (κ2) is 6.23. The second-order valence-corrected chi connectivity index (χ2v) is 4.51. The Morgan fingerprint density at radius 3 is 3.00 bits per heavy atom. The Hall–Kier alpha value is -0.310. The third kappa shape index (κ3) is 3.45. The third-order valence-electron chi connectivity index (χ3n) is 2.11. The summed E-state index contributed by atoms with van der Waals surface area (Å²) in [5.41, 5.74) is 2.80. The molecule has 3 heteroatoms. The molecule has 0 radical (unpaired) electrons. The first-order valence-corrected chi connectivity index (χ1v) is 6.12. The maximum Gasteiger partial charge on any atom is 0.0414 e. The van der Waals surface area contributed by atoms with E-state index in [0.717, 1.165) is 13.0 Å². The largest absolute Gasteiger partial charge is 0.305 e. The molecule has 1 heterocycles. The highest BCUT2D eigenvalue weighted by molar-refractivity contribution is 7.10. The van der Waals surface area contributed by atoms with E-state index in [-0.39, 0.29) is 0 Å². The van der Waals surface area contributed by atoms with E-state index >= 15 is 0 Å². The lowest BCUT2D eigenvalue weighted by atomic mass is 10.2. The van der Waals surface area contributed by atoms with Crippen LogP contribution >= 0.6 is 22.9 Å². The van der Waals surface area contributed by atoms with Gasteiger partial charge in [-0.25, -0.2) is 0 Å². The molecule has 1 atom stereocenters. The molecule has 0 fully saturated rings. The smallest absolute Gasteiger partial charge is 0.0414 e. The molecule has 1 unspecified atom stereocenters. The van der Waals surface area contributed by atoms with Gasteiger partial charge in [-0.1, -0.05) is 24.6 Å². The molecule has 14 heavy (non-hydrogen) atoms. The van der Waals surface area contributed by atoms with E-state index < -0.39 is 0 Å². The summed E-state index contributed by atoms with van der Waals surface area (Å²) in [5.74, 6) is 0. The predicted molar refractivity (Wildman–Crippen MR) is 65.0 cm³/mol. The van der Waals surface area contributed by atoms with Crippen LogP contribution in [0.15, 0.2) is 28.6 Å². The van der Waals surface area contributed by atoms with Crippen LogP contribution in [0.25, 0.3) is 0 Å². The molecular weight excluding hydrogens is 214 g/mol. The van der Waals surface area contributed by atoms with Crippen molar-refractivity contribution in [1.82, 2.24) is 5.32 Å². The Kier molecular flexibility index (Phi) is 5.23. The molecule has 1 aromatic rings. The predicted octanol–water partition coefficient (Wildman–Crippen LogP) is 3.93. The standard InChI is InChI=1S/C11H16ClNS/c1-3-10(11-5-4-6-14-11)13-8-9(2)7-12/h4-7,10,13H,3,8H2,1-2H3/b9-7+. The van der Waals surface area contributed by atoms with Crippen molar-refractivity contribution >= 4 is 22.9 Å². The van der Waals surface area contributed by atoms with Crippen LogP contribution in [0.2, 0.25) is 0 Å². The molecule has 0 saturated carbocycles. The molecule has 0 aliphatic carbocycles. The van der Waals surface area contributed by atoms with E-state index in [2.05, 4.69) is 29.8 Å². The van der Waals surface area contributed by atoms with Crippen molar-refractivity contribution in [2.45, 2.75) is 26.3 Å². The lowest BCUT2D eigenvalue weighted by Gasteiger charge is -2.15. The van der Waals surface area contributed by atoms with Crippen molar-refractivity contribution in [3.63, 3.8) is 0 Å². The number of hydrogen-bond donors (Lipinski definition) is 1. The summed E-state index contributed by atoms with van der Waals surface area (Å²) in [6.45, 7) is 5.08. The molecular formula is C11H16ClNS. The molecule has 1 aromatic heterocycles. The van der Waals surface area contributed by atoms with Crippen molar-refractivity contribution in [2.24, 2.45) is 0 Å². The molecule has 0 aliphatic heterocycles. The van der Waals surface area contributed by atoms with Gasteiger partial charge < -0.3 is 5.32 Å². The van der Waals surface area contributed by atoms with Gasteiger partial charge in [0.2, 0.25) is 0 Å². The zero-order valence-electron chi connectivity index (χ0n) is 8.59. The molecule has 1 N–H and O–H groups in total. The van der Waals surface area contributed by atoms with E-state index in [4.69, 9.17) is 11.6 Å². The molecule has 0 spiro atoms. The van der Waals surface area contributed by atoms with Gasteiger partial charge in [0, 0.05) is 23.0 Å². The number of halogens is 1. The summed E-state index contributed by atoms with van der Waals surface area (Å²) in [4.78, 5) is 1.40. The van der Waals surface area contributed by atoms with Crippen molar-refractivity contribution in [3.05, 3.63) is 33.5 Å². The molecule has 0 aromatic carbocycles. The first-order chi connectivity index (χ1) is 6.77. The lowest BCUT2D eigenvalue weighted by Crippen LogP contribution is -2.21. The Balaban J connectivity index is 2.48. The Morgan fingerprint density at radius 2 is 2.50 bits per heavy atom. The van der Waals surface area contributed by atoms with Crippen molar-refractivity contribution in [1.29, 1.82) is 0 Å². The summed E-state index contributed by atoms with van der Waals surface area (Å²) in [5, 5.41) is 5.60. The van der Waals surface area contributed by atoms with Crippen molar-refractivity contribution in [2.75, 3.05) is 6.54 Å². The molecule has 78 valence electrons. The molecule has 0 aliphatic rings. The summed E-state index contributed by atoms with van der Waals surface area (Å²) in [6.07, 6.45) is 1.11. The van der Waals surface area contributed by atoms with Crippen LogP contribution in [0.4, 0.5) is 0 Å². The molecule has 0 bridgehead atoms. The van der Waals surface area contributed by atoms with E-state index in [1.807, 2.05) is 6.92 Å². The molecule has 1 nitrogen and oxygen atoms in total. The minimum Gasteiger partial charge on any atom is -0.305 e. The average molecular weight is 230 g/mol. The fraction of sp³-hybridized carbons (Fsp3) is 0.455.